The number of morpholine rings is 1. The van der Waals surface area contributed by atoms with Gasteiger partial charge in [0.25, 0.3) is 0 Å². The molecule has 45 heavy (non-hydrogen) atoms. The van der Waals surface area contributed by atoms with E-state index in [1.165, 1.54) is 12.5 Å². The van der Waals surface area contributed by atoms with Gasteiger partial charge in [0.15, 0.2) is 0 Å². The summed E-state index contributed by atoms with van der Waals surface area (Å²) in [5.41, 5.74) is 5.77. The standard InChI is InChI=1S/C37H38N4O4/c1-44-37(43)41-35(34(26-13-4-2-5-14-26)27-15-6-3-7-16-27)36(42)40-30-18-10-8-12-25(30)20-21-29-23-38-33(24-45-29)32-22-28-17-9-11-19-31(28)39-32/h2-19,22,29,33-35,38-39H,20-21,23-24H2,1H3,(H,40,42)(H,41,43)/t29-,33+,35?/m1/s1. The van der Waals surface area contributed by atoms with Crippen LogP contribution in [-0.2, 0) is 20.7 Å². The van der Waals surface area contributed by atoms with E-state index in [0.717, 1.165) is 47.3 Å². The summed E-state index contributed by atoms with van der Waals surface area (Å²) in [7, 11) is 1.30. The van der Waals surface area contributed by atoms with Crippen molar-refractivity contribution in [3.05, 3.63) is 138 Å². The van der Waals surface area contributed by atoms with Gasteiger partial charge in [0.2, 0.25) is 5.91 Å². The Kier molecular flexibility index (Phi) is 9.53. The predicted molar refractivity (Wildman–Crippen MR) is 176 cm³/mol. The zero-order chi connectivity index (χ0) is 31.0. The zero-order valence-corrected chi connectivity index (χ0v) is 25.2. The highest BCUT2D eigenvalue weighted by Crippen LogP contribution is 2.30. The van der Waals surface area contributed by atoms with Gasteiger partial charge < -0.3 is 30.4 Å². The molecule has 1 aliphatic heterocycles. The van der Waals surface area contributed by atoms with Crippen molar-refractivity contribution in [3.8, 4) is 0 Å². The first-order valence-electron chi connectivity index (χ1n) is 15.3. The van der Waals surface area contributed by atoms with Gasteiger partial charge in [-0.15, -0.1) is 0 Å². The number of fused-ring (bicyclic) bond motifs is 1. The fourth-order valence-corrected chi connectivity index (χ4v) is 6.06. The van der Waals surface area contributed by atoms with Crippen molar-refractivity contribution in [1.82, 2.24) is 15.6 Å². The van der Waals surface area contributed by atoms with Crippen LogP contribution in [0.15, 0.2) is 115 Å². The van der Waals surface area contributed by atoms with Crippen LogP contribution in [0.5, 0.6) is 0 Å². The van der Waals surface area contributed by atoms with Crippen molar-refractivity contribution in [2.24, 2.45) is 0 Å². The third-order valence-corrected chi connectivity index (χ3v) is 8.42. The van der Waals surface area contributed by atoms with Crippen molar-refractivity contribution >= 4 is 28.6 Å². The highest BCUT2D eigenvalue weighted by atomic mass is 16.5. The summed E-state index contributed by atoms with van der Waals surface area (Å²) in [6, 6.07) is 36.8. The minimum atomic E-state index is -0.928. The molecule has 8 heteroatoms. The van der Waals surface area contributed by atoms with Crippen LogP contribution in [-0.4, -0.2) is 49.4 Å². The van der Waals surface area contributed by atoms with E-state index in [0.29, 0.717) is 12.3 Å². The molecule has 0 saturated carbocycles. The average molecular weight is 603 g/mol. The monoisotopic (exact) mass is 602 g/mol. The Labute approximate surface area is 263 Å². The molecule has 8 nitrogen and oxygen atoms in total. The number of methoxy groups -OCH3 is 1. The van der Waals surface area contributed by atoms with Crippen LogP contribution in [0.3, 0.4) is 0 Å². The number of hydrogen-bond acceptors (Lipinski definition) is 5. The first-order valence-corrected chi connectivity index (χ1v) is 15.3. The number of rotatable bonds is 10. The summed E-state index contributed by atoms with van der Waals surface area (Å²) in [5, 5.41) is 10.8. The number of hydrogen-bond donors (Lipinski definition) is 4. The second kappa shape index (κ2) is 14.2. The Morgan fingerprint density at radius 1 is 0.889 bits per heavy atom. The average Bonchev–Trinajstić information content (AvgIpc) is 3.53. The van der Waals surface area contributed by atoms with Gasteiger partial charge in [-0.2, -0.15) is 0 Å². The predicted octanol–water partition coefficient (Wildman–Crippen LogP) is 6.33. The van der Waals surface area contributed by atoms with E-state index in [9.17, 15) is 9.59 Å². The first-order chi connectivity index (χ1) is 22.1. The van der Waals surface area contributed by atoms with Crippen LogP contribution in [0, 0.1) is 0 Å². The Hall–Kier alpha value is -4.92. The largest absolute Gasteiger partial charge is 0.453 e. The Balaban J connectivity index is 1.14. The van der Waals surface area contributed by atoms with Crippen molar-refractivity contribution < 1.29 is 19.1 Å². The summed E-state index contributed by atoms with van der Waals surface area (Å²) in [6.45, 7) is 1.31. The molecule has 5 aromatic rings. The zero-order valence-electron chi connectivity index (χ0n) is 25.2. The van der Waals surface area contributed by atoms with Crippen LogP contribution in [0.25, 0.3) is 10.9 Å². The smallest absolute Gasteiger partial charge is 0.407 e. The van der Waals surface area contributed by atoms with Crippen LogP contribution < -0.4 is 16.0 Å². The van der Waals surface area contributed by atoms with E-state index in [1.807, 2.05) is 97.1 Å². The molecule has 1 aromatic heterocycles. The van der Waals surface area contributed by atoms with Crippen LogP contribution in [0.1, 0.15) is 40.8 Å². The molecule has 1 aliphatic rings. The molecule has 2 heterocycles. The van der Waals surface area contributed by atoms with Crippen molar-refractivity contribution in [3.63, 3.8) is 0 Å². The van der Waals surface area contributed by atoms with Crippen LogP contribution >= 0.6 is 0 Å². The molecule has 0 aliphatic carbocycles. The van der Waals surface area contributed by atoms with Gasteiger partial charge >= 0.3 is 6.09 Å². The molecular weight excluding hydrogens is 564 g/mol. The number of carbonyl (C=O) groups is 2. The summed E-state index contributed by atoms with van der Waals surface area (Å²) >= 11 is 0. The maximum Gasteiger partial charge on any atom is 0.407 e. The molecule has 4 N–H and O–H groups in total. The van der Waals surface area contributed by atoms with Crippen molar-refractivity contribution in [2.45, 2.75) is 36.9 Å². The van der Waals surface area contributed by atoms with Gasteiger partial charge in [-0.3, -0.25) is 4.79 Å². The molecular formula is C37H38N4O4. The molecule has 0 radical (unpaired) electrons. The molecule has 3 atom stereocenters. The molecule has 4 aromatic carbocycles. The lowest BCUT2D eigenvalue weighted by molar-refractivity contribution is -0.118. The van der Waals surface area contributed by atoms with E-state index in [-0.39, 0.29) is 18.1 Å². The fourth-order valence-electron chi connectivity index (χ4n) is 6.06. The maximum atomic E-state index is 14.0. The van der Waals surface area contributed by atoms with E-state index in [2.05, 4.69) is 39.1 Å². The number of amides is 2. The summed E-state index contributed by atoms with van der Waals surface area (Å²) in [5.74, 6) is -0.770. The van der Waals surface area contributed by atoms with Gasteiger partial charge in [0, 0.05) is 29.4 Å². The normalized spacial score (nSPS) is 17.1. The van der Waals surface area contributed by atoms with Crippen LogP contribution in [0.4, 0.5) is 10.5 Å². The van der Waals surface area contributed by atoms with Gasteiger partial charge in [0.1, 0.15) is 6.04 Å². The highest BCUT2D eigenvalue weighted by Gasteiger charge is 2.33. The highest BCUT2D eigenvalue weighted by molar-refractivity contribution is 5.98. The summed E-state index contributed by atoms with van der Waals surface area (Å²) in [4.78, 5) is 30.0. The maximum absolute atomic E-state index is 14.0. The van der Waals surface area contributed by atoms with Crippen LogP contribution in [0.2, 0.25) is 0 Å². The van der Waals surface area contributed by atoms with E-state index in [4.69, 9.17) is 9.47 Å². The topological polar surface area (TPSA) is 104 Å². The fraction of sp³-hybridized carbons (Fsp3) is 0.243. The van der Waals surface area contributed by atoms with Gasteiger partial charge in [-0.1, -0.05) is 97.1 Å². The third kappa shape index (κ3) is 7.25. The molecule has 1 unspecified atom stereocenters. The molecule has 6 rings (SSSR count). The quantitative estimate of drug-likeness (QED) is 0.150. The molecule has 230 valence electrons. The number of H-pyrrole nitrogens is 1. The molecule has 0 spiro atoms. The summed E-state index contributed by atoms with van der Waals surface area (Å²) in [6.07, 6.45) is 0.881. The number of ether oxygens (including phenoxy) is 2. The number of benzene rings is 4. The molecule has 1 saturated heterocycles. The number of aromatic nitrogens is 1. The van der Waals surface area contributed by atoms with Crippen molar-refractivity contribution in [1.29, 1.82) is 0 Å². The Morgan fingerprint density at radius 2 is 1.56 bits per heavy atom. The van der Waals surface area contributed by atoms with E-state index in [1.54, 1.807) is 0 Å². The third-order valence-electron chi connectivity index (χ3n) is 8.42. The Bertz CT molecular complexity index is 1640. The van der Waals surface area contributed by atoms with Gasteiger partial charge in [-0.05, 0) is 53.1 Å². The molecule has 2 amide bonds. The molecule has 0 bridgehead atoms. The lowest BCUT2D eigenvalue weighted by atomic mass is 9.84. The minimum Gasteiger partial charge on any atom is -0.453 e. The number of aryl methyl sites for hydroxylation is 1. The van der Waals surface area contributed by atoms with E-state index >= 15 is 0 Å². The number of anilines is 1. The Morgan fingerprint density at radius 3 is 2.22 bits per heavy atom. The number of nitrogens with one attached hydrogen (secondary N) is 4. The van der Waals surface area contributed by atoms with Gasteiger partial charge in [0.05, 0.1) is 25.9 Å². The minimum absolute atomic E-state index is 0.0451. The lowest BCUT2D eigenvalue weighted by Gasteiger charge is -2.30. The lowest BCUT2D eigenvalue weighted by Crippen LogP contribution is -2.48. The van der Waals surface area contributed by atoms with Crippen molar-refractivity contribution in [2.75, 3.05) is 25.6 Å². The number of carbonyl (C=O) groups excluding carboxylic acids is 2. The van der Waals surface area contributed by atoms with E-state index < -0.39 is 18.1 Å². The SMILES string of the molecule is COC(=O)NC(C(=O)Nc1ccccc1CC[C@@H]1CN[C@H](c2cc3ccccc3[nH]2)CO1)C(c1ccccc1)c1ccccc1. The first kappa shape index (κ1) is 30.1. The second-order valence-electron chi connectivity index (χ2n) is 11.3. The summed E-state index contributed by atoms with van der Waals surface area (Å²) < 4.78 is 11.2. The molecule has 1 fully saturated rings. The number of para-hydroxylation sites is 2. The van der Waals surface area contributed by atoms with Gasteiger partial charge in [-0.25, -0.2) is 4.79 Å². The number of alkyl carbamates (subject to hydrolysis) is 1. The number of aromatic amines is 1. The second-order valence-corrected chi connectivity index (χ2v) is 11.3.